The van der Waals surface area contributed by atoms with Gasteiger partial charge in [-0.1, -0.05) is 104 Å². The van der Waals surface area contributed by atoms with Gasteiger partial charge in [-0.25, -0.2) is 0 Å². The highest BCUT2D eigenvalue weighted by molar-refractivity contribution is 5.68. The molecule has 1 fully saturated rings. The molecule has 0 saturated heterocycles. The summed E-state index contributed by atoms with van der Waals surface area (Å²) < 4.78 is 0. The molecule has 25 heavy (non-hydrogen) atoms. The number of fused-ring (bicyclic) bond motifs is 3. The minimum atomic E-state index is 0.121. The highest BCUT2D eigenvalue weighted by Crippen LogP contribution is 2.77. The zero-order valence-electron chi connectivity index (χ0n) is 14.5. The van der Waals surface area contributed by atoms with Gasteiger partial charge in [0.05, 0.1) is 0 Å². The third-order valence-electron chi connectivity index (χ3n) is 6.59. The first-order valence-corrected chi connectivity index (χ1v) is 9.15. The minimum Gasteiger partial charge on any atom is -0.0830 e. The highest BCUT2D eigenvalue weighted by Gasteiger charge is 2.74. The summed E-state index contributed by atoms with van der Waals surface area (Å²) in [5, 5.41) is 0. The largest absolute Gasteiger partial charge is 0.0830 e. The van der Waals surface area contributed by atoms with Gasteiger partial charge >= 0.3 is 0 Å². The predicted octanol–water partition coefficient (Wildman–Crippen LogP) is 6.10. The van der Waals surface area contributed by atoms with Crippen LogP contribution >= 0.6 is 0 Å². The molecular formula is C25H22. The van der Waals surface area contributed by atoms with Crippen molar-refractivity contribution in [3.63, 3.8) is 0 Å². The molecule has 2 aliphatic rings. The monoisotopic (exact) mass is 322 g/mol. The number of rotatable bonds is 2. The summed E-state index contributed by atoms with van der Waals surface area (Å²) in [5.74, 6) is 0.509. The van der Waals surface area contributed by atoms with Crippen LogP contribution in [0.15, 0.2) is 91.0 Å². The molecule has 0 spiro atoms. The van der Waals surface area contributed by atoms with Crippen LogP contribution in [-0.4, -0.2) is 0 Å². The maximum absolute atomic E-state index is 2.48. The Morgan fingerprint density at radius 2 is 1.40 bits per heavy atom. The van der Waals surface area contributed by atoms with Crippen LogP contribution in [0.5, 0.6) is 0 Å². The van der Waals surface area contributed by atoms with Crippen molar-refractivity contribution >= 4 is 6.08 Å². The van der Waals surface area contributed by atoms with E-state index in [9.17, 15) is 0 Å². The lowest BCUT2D eigenvalue weighted by Crippen LogP contribution is -2.19. The second-order valence-electron chi connectivity index (χ2n) is 7.58. The van der Waals surface area contributed by atoms with Gasteiger partial charge in [0.15, 0.2) is 0 Å². The predicted molar refractivity (Wildman–Crippen MR) is 105 cm³/mol. The summed E-state index contributed by atoms with van der Waals surface area (Å²) in [6, 6.07) is 31.2. The third-order valence-corrected chi connectivity index (χ3v) is 6.59. The van der Waals surface area contributed by atoms with Gasteiger partial charge in [-0.05, 0) is 28.7 Å². The maximum atomic E-state index is 2.48. The zero-order chi connectivity index (χ0) is 16.9. The Bertz CT molecular complexity index is 938. The normalized spacial score (nSPS) is 29.4. The summed E-state index contributed by atoms with van der Waals surface area (Å²) >= 11 is 0. The molecule has 0 amide bonds. The van der Waals surface area contributed by atoms with Crippen molar-refractivity contribution in [2.24, 2.45) is 0 Å². The fourth-order valence-corrected chi connectivity index (χ4v) is 5.49. The zero-order valence-corrected chi connectivity index (χ0v) is 14.5. The van der Waals surface area contributed by atoms with Crippen LogP contribution in [0.4, 0.5) is 0 Å². The summed E-state index contributed by atoms with van der Waals surface area (Å²) in [4.78, 5) is 0. The molecule has 0 aromatic heterocycles. The number of hydrogen-bond donors (Lipinski definition) is 0. The molecule has 122 valence electrons. The van der Waals surface area contributed by atoms with E-state index in [4.69, 9.17) is 0 Å². The van der Waals surface area contributed by atoms with Crippen LogP contribution in [-0.2, 0) is 10.8 Å². The molecule has 0 radical (unpaired) electrons. The molecule has 0 heteroatoms. The number of benzene rings is 3. The molecule has 2 aliphatic carbocycles. The van der Waals surface area contributed by atoms with Crippen molar-refractivity contribution in [2.45, 2.75) is 30.1 Å². The average molecular weight is 322 g/mol. The van der Waals surface area contributed by atoms with E-state index in [1.807, 2.05) is 0 Å². The molecule has 0 nitrogen and oxygen atoms in total. The van der Waals surface area contributed by atoms with Gasteiger partial charge in [0.1, 0.15) is 0 Å². The Morgan fingerprint density at radius 1 is 0.760 bits per heavy atom. The molecule has 0 unspecified atom stereocenters. The summed E-state index contributed by atoms with van der Waals surface area (Å²) in [6.45, 7) is 2.48. The van der Waals surface area contributed by atoms with Crippen molar-refractivity contribution in [1.82, 2.24) is 0 Å². The van der Waals surface area contributed by atoms with E-state index in [-0.39, 0.29) is 10.8 Å². The lowest BCUT2D eigenvalue weighted by atomic mass is 9.81. The molecule has 0 N–H and O–H groups in total. The average Bonchev–Trinajstić information content (AvgIpc) is 3.26. The van der Waals surface area contributed by atoms with Gasteiger partial charge in [-0.15, -0.1) is 0 Å². The molecule has 3 aromatic carbocycles. The third kappa shape index (κ3) is 1.83. The fraction of sp³-hybridized carbons (Fsp3) is 0.200. The van der Waals surface area contributed by atoms with Crippen molar-refractivity contribution in [3.8, 4) is 0 Å². The standard InChI is InChI=1S/C25H22/c1-24-22-17-9-8-11-19(22)14-10-18-25(24,21-15-6-3-7-16-21)23(24)20-12-4-2-5-13-20/h2-17,23H,18H2,1H3/t23-,24-,25-/m0/s1. The van der Waals surface area contributed by atoms with Crippen LogP contribution in [0.1, 0.15) is 41.5 Å². The van der Waals surface area contributed by atoms with Crippen molar-refractivity contribution in [3.05, 3.63) is 113 Å². The summed E-state index contributed by atoms with van der Waals surface area (Å²) in [7, 11) is 0. The van der Waals surface area contributed by atoms with E-state index in [0.717, 1.165) is 6.42 Å². The van der Waals surface area contributed by atoms with Gasteiger partial charge in [0, 0.05) is 16.7 Å². The van der Waals surface area contributed by atoms with Gasteiger partial charge < -0.3 is 0 Å². The van der Waals surface area contributed by atoms with Crippen LogP contribution in [0.25, 0.3) is 6.08 Å². The molecular weight excluding hydrogens is 300 g/mol. The van der Waals surface area contributed by atoms with E-state index >= 15 is 0 Å². The van der Waals surface area contributed by atoms with Crippen LogP contribution in [0.2, 0.25) is 0 Å². The van der Waals surface area contributed by atoms with Crippen molar-refractivity contribution in [1.29, 1.82) is 0 Å². The van der Waals surface area contributed by atoms with Crippen molar-refractivity contribution < 1.29 is 0 Å². The Labute approximate surface area is 149 Å². The quantitative estimate of drug-likeness (QED) is 0.535. The fourth-order valence-electron chi connectivity index (χ4n) is 5.49. The summed E-state index contributed by atoms with van der Waals surface area (Å²) in [5.41, 5.74) is 6.04. The molecule has 0 bridgehead atoms. The molecule has 0 aliphatic heterocycles. The SMILES string of the molecule is C[C@@]12c3ccccc3C=CC[C@]1(c1ccccc1)[C@H]2c1ccccc1. The van der Waals surface area contributed by atoms with E-state index in [1.54, 1.807) is 0 Å². The summed E-state index contributed by atoms with van der Waals surface area (Å²) in [6.07, 6.45) is 5.79. The van der Waals surface area contributed by atoms with Gasteiger partial charge in [-0.2, -0.15) is 0 Å². The number of hydrogen-bond acceptors (Lipinski definition) is 0. The maximum Gasteiger partial charge on any atom is 0.0165 e. The van der Waals surface area contributed by atoms with Crippen molar-refractivity contribution in [2.75, 3.05) is 0 Å². The lowest BCUT2D eigenvalue weighted by Gasteiger charge is -2.22. The van der Waals surface area contributed by atoms with E-state index < -0.39 is 0 Å². The smallest absolute Gasteiger partial charge is 0.0165 e. The first kappa shape index (κ1) is 14.7. The molecule has 3 aromatic rings. The second kappa shape index (κ2) is 5.20. The van der Waals surface area contributed by atoms with Crippen LogP contribution in [0.3, 0.4) is 0 Å². The first-order chi connectivity index (χ1) is 12.3. The number of allylic oxidation sites excluding steroid dienone is 1. The van der Waals surface area contributed by atoms with Crippen LogP contribution in [0, 0.1) is 0 Å². The topological polar surface area (TPSA) is 0 Å². The Hall–Kier alpha value is -2.60. The van der Waals surface area contributed by atoms with Gasteiger partial charge in [0.2, 0.25) is 0 Å². The molecule has 5 rings (SSSR count). The van der Waals surface area contributed by atoms with Gasteiger partial charge in [-0.3, -0.25) is 0 Å². The van der Waals surface area contributed by atoms with E-state index in [0.29, 0.717) is 5.92 Å². The Balaban J connectivity index is 1.79. The molecule has 1 saturated carbocycles. The molecule has 3 atom stereocenters. The Morgan fingerprint density at radius 3 is 2.16 bits per heavy atom. The van der Waals surface area contributed by atoms with Crippen LogP contribution < -0.4 is 0 Å². The highest BCUT2D eigenvalue weighted by atomic mass is 14.8. The van der Waals surface area contributed by atoms with E-state index in [2.05, 4.69) is 104 Å². The minimum absolute atomic E-state index is 0.121. The second-order valence-corrected chi connectivity index (χ2v) is 7.58. The lowest BCUT2D eigenvalue weighted by molar-refractivity contribution is 0.580. The first-order valence-electron chi connectivity index (χ1n) is 9.15. The van der Waals surface area contributed by atoms with Gasteiger partial charge in [0.25, 0.3) is 0 Å². The molecule has 0 heterocycles. The Kier molecular flexibility index (Phi) is 3.06. The van der Waals surface area contributed by atoms with E-state index in [1.165, 1.54) is 22.3 Å².